The third-order valence-corrected chi connectivity index (χ3v) is 6.31. The molecule has 0 aliphatic heterocycles. The van der Waals surface area contributed by atoms with Crippen LogP contribution in [0.25, 0.3) is 10.9 Å². The summed E-state index contributed by atoms with van der Waals surface area (Å²) in [6, 6.07) is 11.0. The molecule has 8 heteroatoms. The number of nitrogens with zero attached hydrogens (tertiary/aromatic N) is 1. The minimum Gasteiger partial charge on any atom is -0.480 e. The number of carbonyl (C=O) groups is 1. The lowest BCUT2D eigenvalue weighted by Crippen LogP contribution is -2.42. The average Bonchev–Trinajstić information content (AvgIpc) is 3.09. The first-order valence-corrected chi connectivity index (χ1v) is 9.44. The fraction of sp³-hybridized carbons (Fsp3) is 0.125. The van der Waals surface area contributed by atoms with E-state index in [0.29, 0.717) is 5.56 Å². The van der Waals surface area contributed by atoms with Crippen LogP contribution in [0, 0.1) is 0 Å². The van der Waals surface area contributed by atoms with Crippen molar-refractivity contribution in [3.63, 3.8) is 0 Å². The van der Waals surface area contributed by atoms with Crippen LogP contribution in [0.2, 0.25) is 0 Å². The Morgan fingerprint density at radius 2 is 2.04 bits per heavy atom. The van der Waals surface area contributed by atoms with Crippen LogP contribution in [-0.2, 0) is 21.2 Å². The number of pyridine rings is 1. The highest BCUT2D eigenvalue weighted by atomic mass is 32.2. The van der Waals surface area contributed by atoms with Gasteiger partial charge in [0.1, 0.15) is 10.3 Å². The molecule has 0 saturated heterocycles. The smallest absolute Gasteiger partial charge is 0.322 e. The number of para-hydroxylation sites is 1. The Bertz CT molecular complexity index is 969. The van der Waals surface area contributed by atoms with Crippen molar-refractivity contribution in [1.29, 1.82) is 0 Å². The van der Waals surface area contributed by atoms with Crippen LogP contribution < -0.4 is 4.72 Å². The van der Waals surface area contributed by atoms with Gasteiger partial charge in [-0.25, -0.2) is 8.42 Å². The molecule has 3 rings (SSSR count). The molecule has 1 unspecified atom stereocenters. The van der Waals surface area contributed by atoms with E-state index in [1.807, 2.05) is 30.3 Å². The number of thiophene rings is 1. The molecular formula is C16H14N2O4S2. The summed E-state index contributed by atoms with van der Waals surface area (Å²) >= 11 is 1.04. The third-order valence-electron chi connectivity index (χ3n) is 3.44. The Morgan fingerprint density at radius 3 is 2.75 bits per heavy atom. The van der Waals surface area contributed by atoms with E-state index in [-0.39, 0.29) is 10.6 Å². The van der Waals surface area contributed by atoms with Crippen LogP contribution in [0.15, 0.2) is 58.3 Å². The molecule has 0 spiro atoms. The number of rotatable bonds is 6. The van der Waals surface area contributed by atoms with Gasteiger partial charge in [-0.05, 0) is 29.1 Å². The molecule has 0 saturated carbocycles. The van der Waals surface area contributed by atoms with Crippen LogP contribution in [0.1, 0.15) is 5.56 Å². The lowest BCUT2D eigenvalue weighted by atomic mass is 10.1. The maximum Gasteiger partial charge on any atom is 0.322 e. The lowest BCUT2D eigenvalue weighted by molar-refractivity contribution is -0.138. The Kier molecular flexibility index (Phi) is 4.61. The van der Waals surface area contributed by atoms with Gasteiger partial charge in [0.25, 0.3) is 10.0 Å². The zero-order chi connectivity index (χ0) is 17.2. The summed E-state index contributed by atoms with van der Waals surface area (Å²) in [5.74, 6) is -1.23. The van der Waals surface area contributed by atoms with E-state index in [1.54, 1.807) is 17.6 Å². The highest BCUT2D eigenvalue weighted by molar-refractivity contribution is 7.91. The van der Waals surface area contributed by atoms with E-state index in [1.165, 1.54) is 6.07 Å². The second-order valence-corrected chi connectivity index (χ2v) is 8.07. The number of carboxylic acids is 1. The number of nitrogens with one attached hydrogen (secondary N) is 1. The Hall–Kier alpha value is -2.29. The minimum absolute atomic E-state index is 0.0117. The topological polar surface area (TPSA) is 96.4 Å². The molecule has 2 heterocycles. The highest BCUT2D eigenvalue weighted by Crippen LogP contribution is 2.18. The van der Waals surface area contributed by atoms with E-state index in [9.17, 15) is 18.3 Å². The van der Waals surface area contributed by atoms with Gasteiger partial charge in [0.15, 0.2) is 0 Å². The van der Waals surface area contributed by atoms with Crippen molar-refractivity contribution in [2.75, 3.05) is 0 Å². The number of sulfonamides is 1. The Labute approximate surface area is 142 Å². The number of benzene rings is 1. The van der Waals surface area contributed by atoms with Crippen molar-refractivity contribution in [2.24, 2.45) is 0 Å². The molecule has 3 aromatic rings. The normalized spacial score (nSPS) is 13.0. The molecule has 0 amide bonds. The van der Waals surface area contributed by atoms with Gasteiger partial charge in [-0.15, -0.1) is 11.3 Å². The quantitative estimate of drug-likeness (QED) is 0.701. The van der Waals surface area contributed by atoms with Crippen molar-refractivity contribution in [1.82, 2.24) is 9.71 Å². The Balaban J connectivity index is 1.84. The van der Waals surface area contributed by atoms with Gasteiger partial charge in [-0.1, -0.05) is 24.3 Å². The first-order chi connectivity index (χ1) is 11.5. The molecule has 124 valence electrons. The zero-order valence-corrected chi connectivity index (χ0v) is 14.0. The number of carboxylic acid groups (broad SMARTS) is 1. The number of hydrogen-bond acceptors (Lipinski definition) is 5. The van der Waals surface area contributed by atoms with Crippen molar-refractivity contribution in [2.45, 2.75) is 16.7 Å². The summed E-state index contributed by atoms with van der Waals surface area (Å²) in [5.41, 5.74) is 1.45. The number of aliphatic carboxylic acids is 1. The lowest BCUT2D eigenvalue weighted by Gasteiger charge is -2.14. The second-order valence-electron chi connectivity index (χ2n) is 5.18. The van der Waals surface area contributed by atoms with E-state index in [0.717, 1.165) is 22.2 Å². The molecule has 24 heavy (non-hydrogen) atoms. The second kappa shape index (κ2) is 6.68. The molecule has 0 fully saturated rings. The van der Waals surface area contributed by atoms with Crippen LogP contribution in [-0.4, -0.2) is 30.5 Å². The summed E-state index contributed by atoms with van der Waals surface area (Å²) in [6.07, 6.45) is 1.58. The number of hydrogen-bond donors (Lipinski definition) is 2. The van der Waals surface area contributed by atoms with Crippen LogP contribution in [0.5, 0.6) is 0 Å². The summed E-state index contributed by atoms with van der Waals surface area (Å²) in [6.45, 7) is 0. The van der Waals surface area contributed by atoms with Gasteiger partial charge in [-0.3, -0.25) is 9.78 Å². The summed E-state index contributed by atoms with van der Waals surface area (Å²) in [7, 11) is -3.86. The fourth-order valence-corrected chi connectivity index (χ4v) is 4.50. The molecular weight excluding hydrogens is 348 g/mol. The SMILES string of the molecule is O=C(O)C(Cc1cnc2ccccc2c1)NS(=O)(=O)c1cccs1. The van der Waals surface area contributed by atoms with Crippen LogP contribution in [0.4, 0.5) is 0 Å². The predicted octanol–water partition coefficient (Wildman–Crippen LogP) is 2.27. The maximum absolute atomic E-state index is 12.2. The Morgan fingerprint density at radius 1 is 1.25 bits per heavy atom. The van der Waals surface area contributed by atoms with Crippen molar-refractivity contribution in [3.05, 3.63) is 59.6 Å². The zero-order valence-electron chi connectivity index (χ0n) is 12.4. The van der Waals surface area contributed by atoms with Crippen molar-refractivity contribution < 1.29 is 18.3 Å². The highest BCUT2D eigenvalue weighted by Gasteiger charge is 2.26. The maximum atomic E-state index is 12.2. The number of fused-ring (bicyclic) bond motifs is 1. The third kappa shape index (κ3) is 3.61. The summed E-state index contributed by atoms with van der Waals surface area (Å²) < 4.78 is 26.8. The average molecular weight is 362 g/mol. The van der Waals surface area contributed by atoms with Gasteiger partial charge in [0.2, 0.25) is 0 Å². The van der Waals surface area contributed by atoms with E-state index in [2.05, 4.69) is 9.71 Å². The standard InChI is InChI=1S/C16H14N2O4S2/c19-16(20)14(18-24(21,22)15-6-3-7-23-15)9-11-8-12-4-1-2-5-13(12)17-10-11/h1-8,10,14,18H,9H2,(H,19,20). The fourth-order valence-electron chi connectivity index (χ4n) is 2.31. The molecule has 0 radical (unpaired) electrons. The minimum atomic E-state index is -3.86. The monoisotopic (exact) mass is 362 g/mol. The van der Waals surface area contributed by atoms with Gasteiger partial charge in [0, 0.05) is 18.0 Å². The summed E-state index contributed by atoms with van der Waals surface area (Å²) in [5, 5.41) is 11.9. The van der Waals surface area contributed by atoms with E-state index >= 15 is 0 Å². The molecule has 1 atom stereocenters. The molecule has 0 bridgehead atoms. The largest absolute Gasteiger partial charge is 0.480 e. The predicted molar refractivity (Wildman–Crippen MR) is 91.5 cm³/mol. The van der Waals surface area contributed by atoms with Crippen LogP contribution in [0.3, 0.4) is 0 Å². The van der Waals surface area contributed by atoms with Crippen molar-refractivity contribution >= 4 is 38.2 Å². The number of aromatic nitrogens is 1. The van der Waals surface area contributed by atoms with Crippen molar-refractivity contribution in [3.8, 4) is 0 Å². The molecule has 2 aromatic heterocycles. The molecule has 0 aliphatic rings. The van der Waals surface area contributed by atoms with Gasteiger partial charge in [-0.2, -0.15) is 4.72 Å². The van der Waals surface area contributed by atoms with E-state index < -0.39 is 22.0 Å². The molecule has 2 N–H and O–H groups in total. The first-order valence-electron chi connectivity index (χ1n) is 7.08. The summed E-state index contributed by atoms with van der Waals surface area (Å²) in [4.78, 5) is 15.7. The first kappa shape index (κ1) is 16.6. The van der Waals surface area contributed by atoms with Crippen LogP contribution >= 0.6 is 11.3 Å². The van der Waals surface area contributed by atoms with Gasteiger partial charge in [0.05, 0.1) is 5.52 Å². The molecule has 6 nitrogen and oxygen atoms in total. The van der Waals surface area contributed by atoms with Gasteiger partial charge < -0.3 is 5.11 Å². The molecule has 0 aliphatic carbocycles. The van der Waals surface area contributed by atoms with Gasteiger partial charge >= 0.3 is 5.97 Å². The molecule has 1 aromatic carbocycles. The van der Waals surface area contributed by atoms with E-state index in [4.69, 9.17) is 0 Å².